The average Bonchev–Trinajstić information content (AvgIpc) is 3.19. The Morgan fingerprint density at radius 3 is 2.62 bits per heavy atom. The molecule has 2 saturated heterocycles. The molecule has 3 aromatic rings. The molecular weight excluding hydrogens is 472 g/mol. The molecule has 0 N–H and O–H groups in total. The van der Waals surface area contributed by atoms with Gasteiger partial charge in [-0.15, -0.1) is 0 Å². The Morgan fingerprint density at radius 2 is 1.86 bits per heavy atom. The minimum absolute atomic E-state index is 0.159. The summed E-state index contributed by atoms with van der Waals surface area (Å²) in [6, 6.07) is 14.1. The van der Waals surface area contributed by atoms with Gasteiger partial charge in [0.25, 0.3) is 0 Å². The lowest BCUT2D eigenvalue weighted by Crippen LogP contribution is -2.56. The Kier molecular flexibility index (Phi) is 5.99. The van der Waals surface area contributed by atoms with E-state index in [2.05, 4.69) is 16.6 Å². The van der Waals surface area contributed by atoms with E-state index in [9.17, 15) is 14.4 Å². The van der Waals surface area contributed by atoms with Crippen molar-refractivity contribution in [2.45, 2.75) is 44.6 Å². The van der Waals surface area contributed by atoms with Gasteiger partial charge in [-0.05, 0) is 67.0 Å². The van der Waals surface area contributed by atoms with Crippen molar-refractivity contribution in [1.29, 1.82) is 0 Å². The van der Waals surface area contributed by atoms with Gasteiger partial charge in [0, 0.05) is 36.1 Å². The molecule has 4 bridgehead atoms. The maximum atomic E-state index is 13.7. The predicted molar refractivity (Wildman–Crippen MR) is 136 cm³/mol. The normalized spacial score (nSPS) is 25.7. The van der Waals surface area contributed by atoms with Crippen molar-refractivity contribution < 1.29 is 28.6 Å². The first-order chi connectivity index (χ1) is 18.0. The summed E-state index contributed by atoms with van der Waals surface area (Å²) >= 11 is 0. The number of fused-ring (bicyclic) bond motifs is 4. The summed E-state index contributed by atoms with van der Waals surface area (Å²) in [5.41, 5.74) is 2.97. The fourth-order valence-corrected chi connectivity index (χ4v) is 6.99. The Hall–Kier alpha value is -3.65. The molecule has 4 unspecified atom stereocenters. The third-order valence-corrected chi connectivity index (χ3v) is 8.38. The second kappa shape index (κ2) is 9.34. The van der Waals surface area contributed by atoms with Crippen molar-refractivity contribution in [2.24, 2.45) is 11.8 Å². The fourth-order valence-electron chi connectivity index (χ4n) is 6.99. The van der Waals surface area contributed by atoms with Crippen LogP contribution < -0.4 is 4.74 Å². The predicted octanol–water partition coefficient (Wildman–Crippen LogP) is 5.37. The number of carbonyl (C=O) groups excluding carboxylic acids is 3. The van der Waals surface area contributed by atoms with Crippen molar-refractivity contribution in [3.8, 4) is 5.75 Å². The Bertz CT molecular complexity index is 1380. The fraction of sp³-hybridized carbons (Fsp3) is 0.414. The highest BCUT2D eigenvalue weighted by Crippen LogP contribution is 2.52. The summed E-state index contributed by atoms with van der Waals surface area (Å²) in [6.45, 7) is 4.24. The monoisotopic (exact) mass is 502 g/mol. The number of hydrogen-bond donors (Lipinski definition) is 0. The van der Waals surface area contributed by atoms with Crippen LogP contribution in [0.5, 0.6) is 5.75 Å². The topological polar surface area (TPSA) is 87.1 Å². The molecule has 8 nitrogen and oxygen atoms in total. The second-order valence-corrected chi connectivity index (χ2v) is 10.3. The standard InChI is InChI=1S/C29H30N2O6/c1-3-18-13-17-14-23-25(18)30(16-17)12-11-21-22-15-20(36-29(34)35-2)9-10-24(22)31(26(21)23)28(33)37-27(32)19-7-5-4-6-8-19/h4-10,15,17-18,23,25H,3,11-14,16H2,1-2H3/t17?,18?,23-,25?/m1/s1. The number of rotatable bonds is 3. The van der Waals surface area contributed by atoms with Gasteiger partial charge in [0.05, 0.1) is 18.2 Å². The summed E-state index contributed by atoms with van der Waals surface area (Å²) in [6.07, 6.45) is 2.57. The Balaban J connectivity index is 1.48. The molecule has 4 aliphatic rings. The van der Waals surface area contributed by atoms with E-state index in [4.69, 9.17) is 9.47 Å². The summed E-state index contributed by atoms with van der Waals surface area (Å²) < 4.78 is 17.0. The molecule has 8 heteroatoms. The van der Waals surface area contributed by atoms with E-state index in [0.29, 0.717) is 34.7 Å². The molecule has 0 spiro atoms. The van der Waals surface area contributed by atoms with E-state index >= 15 is 0 Å². The molecule has 1 aliphatic carbocycles. The first-order valence-electron chi connectivity index (χ1n) is 13.0. The Labute approximate surface area is 215 Å². The highest BCUT2D eigenvalue weighted by molar-refractivity contribution is 6.01. The maximum absolute atomic E-state index is 13.7. The molecule has 4 heterocycles. The quantitative estimate of drug-likeness (QED) is 0.270. The van der Waals surface area contributed by atoms with Gasteiger partial charge in [0.1, 0.15) is 5.75 Å². The van der Waals surface area contributed by atoms with Crippen molar-refractivity contribution in [2.75, 3.05) is 20.2 Å². The van der Waals surface area contributed by atoms with Crippen LogP contribution in [0.15, 0.2) is 48.5 Å². The lowest BCUT2D eigenvalue weighted by atomic mass is 9.65. The number of benzene rings is 2. The number of hydrogen-bond acceptors (Lipinski definition) is 7. The van der Waals surface area contributed by atoms with E-state index in [1.165, 1.54) is 13.5 Å². The smallest absolute Gasteiger partial charge is 0.437 e. The lowest BCUT2D eigenvalue weighted by Gasteiger charge is -2.53. The molecule has 192 valence electrons. The van der Waals surface area contributed by atoms with Crippen LogP contribution in [0.4, 0.5) is 9.59 Å². The SMILES string of the molecule is CCC1CC2C[C@H]3c4c(c5cc(OC(=O)OC)ccc5n4C(=O)OC(=O)c4ccccc4)CCN(C2)C13. The molecule has 2 aromatic carbocycles. The van der Waals surface area contributed by atoms with E-state index in [1.54, 1.807) is 53.1 Å². The molecule has 1 saturated carbocycles. The van der Waals surface area contributed by atoms with Gasteiger partial charge < -0.3 is 14.2 Å². The van der Waals surface area contributed by atoms with Crippen molar-refractivity contribution in [3.63, 3.8) is 0 Å². The molecule has 0 radical (unpaired) electrons. The average molecular weight is 503 g/mol. The van der Waals surface area contributed by atoms with Gasteiger partial charge in [-0.25, -0.2) is 19.0 Å². The van der Waals surface area contributed by atoms with Gasteiger partial charge in [0.15, 0.2) is 0 Å². The van der Waals surface area contributed by atoms with Crippen LogP contribution in [0.25, 0.3) is 10.9 Å². The van der Waals surface area contributed by atoms with Crippen molar-refractivity contribution in [3.05, 3.63) is 65.4 Å². The van der Waals surface area contributed by atoms with E-state index in [1.807, 2.05) is 0 Å². The van der Waals surface area contributed by atoms with Crippen LogP contribution in [0, 0.1) is 11.8 Å². The lowest BCUT2D eigenvalue weighted by molar-refractivity contribution is -0.0140. The minimum atomic E-state index is -0.803. The van der Waals surface area contributed by atoms with Crippen LogP contribution in [0.3, 0.4) is 0 Å². The zero-order chi connectivity index (χ0) is 25.7. The van der Waals surface area contributed by atoms with Gasteiger partial charge in [-0.2, -0.15) is 0 Å². The molecule has 5 atom stereocenters. The molecule has 1 aromatic heterocycles. The first-order valence-corrected chi connectivity index (χ1v) is 13.0. The molecular formula is C29H30N2O6. The number of piperidine rings is 2. The molecule has 3 fully saturated rings. The first kappa shape index (κ1) is 23.7. The summed E-state index contributed by atoms with van der Waals surface area (Å²) in [5, 5.41) is 0.832. The van der Waals surface area contributed by atoms with Gasteiger partial charge >= 0.3 is 18.2 Å². The number of methoxy groups -OCH3 is 1. The van der Waals surface area contributed by atoms with E-state index in [-0.39, 0.29) is 5.92 Å². The number of esters is 1. The second-order valence-electron chi connectivity index (χ2n) is 10.3. The van der Waals surface area contributed by atoms with Gasteiger partial charge in [0.2, 0.25) is 0 Å². The maximum Gasteiger partial charge on any atom is 0.513 e. The van der Waals surface area contributed by atoms with E-state index in [0.717, 1.165) is 49.0 Å². The number of nitrogens with zero attached hydrogens (tertiary/aromatic N) is 2. The van der Waals surface area contributed by atoms with Crippen LogP contribution in [0.1, 0.15) is 53.7 Å². The Morgan fingerprint density at radius 1 is 1.05 bits per heavy atom. The van der Waals surface area contributed by atoms with Crippen LogP contribution in [-0.2, 0) is 15.9 Å². The number of ether oxygens (including phenoxy) is 3. The third-order valence-electron chi connectivity index (χ3n) is 8.38. The van der Waals surface area contributed by atoms with Crippen molar-refractivity contribution in [1.82, 2.24) is 9.47 Å². The molecule has 0 amide bonds. The van der Waals surface area contributed by atoms with E-state index < -0.39 is 18.2 Å². The zero-order valence-electron chi connectivity index (χ0n) is 21.0. The number of carbonyl (C=O) groups is 3. The van der Waals surface area contributed by atoms with Crippen LogP contribution in [0.2, 0.25) is 0 Å². The molecule has 7 rings (SSSR count). The highest BCUT2D eigenvalue weighted by Gasteiger charge is 2.50. The third kappa shape index (κ3) is 4.00. The number of aromatic nitrogens is 1. The molecule has 37 heavy (non-hydrogen) atoms. The van der Waals surface area contributed by atoms with Crippen LogP contribution >= 0.6 is 0 Å². The largest absolute Gasteiger partial charge is 0.513 e. The summed E-state index contributed by atoms with van der Waals surface area (Å²) in [5.74, 6) is 0.964. The zero-order valence-corrected chi connectivity index (χ0v) is 21.0. The van der Waals surface area contributed by atoms with Gasteiger partial charge in [-0.3, -0.25) is 4.90 Å². The van der Waals surface area contributed by atoms with Crippen molar-refractivity contribution >= 4 is 29.1 Å². The summed E-state index contributed by atoms with van der Waals surface area (Å²) in [4.78, 5) is 40.9. The molecule has 3 aliphatic heterocycles. The van der Waals surface area contributed by atoms with Crippen LogP contribution in [-0.4, -0.2) is 53.9 Å². The highest BCUT2D eigenvalue weighted by atomic mass is 16.7. The summed E-state index contributed by atoms with van der Waals surface area (Å²) in [7, 11) is 1.26. The van der Waals surface area contributed by atoms with Gasteiger partial charge in [-0.1, -0.05) is 31.5 Å². The minimum Gasteiger partial charge on any atom is -0.437 e.